The fourth-order valence-electron chi connectivity index (χ4n) is 2.46. The minimum absolute atomic E-state index is 0.186. The van der Waals surface area contributed by atoms with E-state index in [-0.39, 0.29) is 13.2 Å². The van der Waals surface area contributed by atoms with E-state index in [1.165, 1.54) is 25.7 Å². The van der Waals surface area contributed by atoms with Crippen molar-refractivity contribution in [3.63, 3.8) is 0 Å². The van der Waals surface area contributed by atoms with E-state index in [0.29, 0.717) is 25.2 Å². The van der Waals surface area contributed by atoms with Crippen molar-refractivity contribution >= 4 is 0 Å². The van der Waals surface area contributed by atoms with E-state index < -0.39 is 0 Å². The molecule has 90 valence electrons. The molecule has 0 radical (unpaired) electrons. The van der Waals surface area contributed by atoms with Gasteiger partial charge < -0.3 is 15.5 Å². The van der Waals surface area contributed by atoms with Gasteiger partial charge in [0.15, 0.2) is 0 Å². The second-order valence-corrected chi connectivity index (χ2v) is 4.28. The Hall–Kier alpha value is -0.160. The summed E-state index contributed by atoms with van der Waals surface area (Å²) in [6, 6.07) is 1.21. The molecule has 0 saturated heterocycles. The number of nitrogens with one attached hydrogen (secondary N) is 1. The molecule has 0 aromatic carbocycles. The summed E-state index contributed by atoms with van der Waals surface area (Å²) in [4.78, 5) is 2.21. The average molecular weight is 216 g/mol. The molecule has 4 nitrogen and oxygen atoms in total. The average Bonchev–Trinajstić information content (AvgIpc) is 2.29. The van der Waals surface area contributed by atoms with Crippen LogP contribution in [0.25, 0.3) is 0 Å². The third-order valence-corrected chi connectivity index (χ3v) is 3.40. The molecule has 0 heterocycles. The molecule has 15 heavy (non-hydrogen) atoms. The van der Waals surface area contributed by atoms with E-state index >= 15 is 0 Å². The van der Waals surface area contributed by atoms with Crippen LogP contribution in [0.3, 0.4) is 0 Å². The molecule has 0 spiro atoms. The quantitative estimate of drug-likeness (QED) is 0.576. The number of hydrogen-bond donors (Lipinski definition) is 3. The summed E-state index contributed by atoms with van der Waals surface area (Å²) >= 11 is 0. The Balaban J connectivity index is 2.34. The van der Waals surface area contributed by atoms with Crippen molar-refractivity contribution in [3.8, 4) is 0 Å². The topological polar surface area (TPSA) is 55.7 Å². The maximum Gasteiger partial charge on any atom is 0.0558 e. The van der Waals surface area contributed by atoms with Crippen molar-refractivity contribution in [1.82, 2.24) is 10.2 Å². The van der Waals surface area contributed by atoms with Crippen LogP contribution in [0.1, 0.15) is 25.7 Å². The molecular formula is C11H24N2O2. The summed E-state index contributed by atoms with van der Waals surface area (Å²) in [7, 11) is 2.02. The molecule has 4 heteroatoms. The molecule has 0 unspecified atom stereocenters. The second-order valence-electron chi connectivity index (χ2n) is 4.28. The Kier molecular flexibility index (Phi) is 6.17. The molecule has 1 rings (SSSR count). The largest absolute Gasteiger partial charge is 0.395 e. The van der Waals surface area contributed by atoms with E-state index in [9.17, 15) is 0 Å². The molecule has 0 aliphatic heterocycles. The molecule has 1 saturated carbocycles. The summed E-state index contributed by atoms with van der Waals surface area (Å²) in [6.45, 7) is 1.75. The first-order chi connectivity index (χ1) is 7.31. The third kappa shape index (κ3) is 4.07. The van der Waals surface area contributed by atoms with Crippen LogP contribution in [0, 0.1) is 0 Å². The predicted octanol–water partition coefficient (Wildman–Crippen LogP) is -0.196. The van der Waals surface area contributed by atoms with Gasteiger partial charge in [-0.15, -0.1) is 0 Å². The maximum atomic E-state index is 8.96. The lowest BCUT2D eigenvalue weighted by atomic mass is 9.90. The summed E-state index contributed by atoms with van der Waals surface area (Å²) in [5.74, 6) is 0. The highest BCUT2D eigenvalue weighted by molar-refractivity contribution is 4.82. The molecule has 1 aliphatic rings. The molecule has 1 aliphatic carbocycles. The van der Waals surface area contributed by atoms with Gasteiger partial charge in [-0.1, -0.05) is 0 Å². The zero-order valence-corrected chi connectivity index (χ0v) is 9.65. The number of hydrogen-bond acceptors (Lipinski definition) is 4. The van der Waals surface area contributed by atoms with E-state index in [4.69, 9.17) is 10.2 Å². The standard InChI is InChI=1S/C11H24N2O2/c1-12-10-2-4-11(5-3-10)13(6-8-14)7-9-15/h10-12,14-15H,2-9H2,1H3. The Bertz CT molecular complexity index is 153. The first-order valence-corrected chi connectivity index (χ1v) is 5.94. The van der Waals surface area contributed by atoms with Crippen LogP contribution >= 0.6 is 0 Å². The van der Waals surface area contributed by atoms with Crippen molar-refractivity contribution in [3.05, 3.63) is 0 Å². The van der Waals surface area contributed by atoms with E-state index in [2.05, 4.69) is 10.2 Å². The van der Waals surface area contributed by atoms with Gasteiger partial charge in [0.05, 0.1) is 13.2 Å². The summed E-state index contributed by atoms with van der Waals surface area (Å²) in [6.07, 6.45) is 4.75. The van der Waals surface area contributed by atoms with Crippen LogP contribution in [-0.2, 0) is 0 Å². The lowest BCUT2D eigenvalue weighted by molar-refractivity contribution is 0.0956. The molecule has 0 aromatic rings. The Labute approximate surface area is 92.3 Å². The first-order valence-electron chi connectivity index (χ1n) is 5.94. The molecule has 1 fully saturated rings. The summed E-state index contributed by atoms with van der Waals surface area (Å²) < 4.78 is 0. The minimum Gasteiger partial charge on any atom is -0.395 e. The van der Waals surface area contributed by atoms with Crippen LogP contribution in [0.2, 0.25) is 0 Å². The maximum absolute atomic E-state index is 8.96. The van der Waals surface area contributed by atoms with Gasteiger partial charge in [0.1, 0.15) is 0 Å². The molecule has 0 amide bonds. The van der Waals surface area contributed by atoms with Crippen molar-refractivity contribution < 1.29 is 10.2 Å². The van der Waals surface area contributed by atoms with Crippen molar-refractivity contribution in [2.75, 3.05) is 33.4 Å². The number of nitrogens with zero attached hydrogens (tertiary/aromatic N) is 1. The van der Waals surface area contributed by atoms with E-state index in [1.807, 2.05) is 7.05 Å². The SMILES string of the molecule is CNC1CCC(N(CCO)CCO)CC1. The Morgan fingerprint density at radius 1 is 1.07 bits per heavy atom. The normalized spacial score (nSPS) is 27.2. The fourth-order valence-corrected chi connectivity index (χ4v) is 2.46. The second kappa shape index (κ2) is 7.17. The monoisotopic (exact) mass is 216 g/mol. The zero-order valence-electron chi connectivity index (χ0n) is 9.65. The van der Waals surface area contributed by atoms with Crippen LogP contribution in [0.15, 0.2) is 0 Å². The highest BCUT2D eigenvalue weighted by Gasteiger charge is 2.24. The molecular weight excluding hydrogens is 192 g/mol. The number of aliphatic hydroxyl groups is 2. The van der Waals surface area contributed by atoms with Gasteiger partial charge in [0.2, 0.25) is 0 Å². The van der Waals surface area contributed by atoms with Gasteiger partial charge >= 0.3 is 0 Å². The van der Waals surface area contributed by atoms with E-state index in [0.717, 1.165) is 0 Å². The molecule has 3 N–H and O–H groups in total. The smallest absolute Gasteiger partial charge is 0.0558 e. The fraction of sp³-hybridized carbons (Fsp3) is 1.00. The number of aliphatic hydroxyl groups excluding tert-OH is 2. The third-order valence-electron chi connectivity index (χ3n) is 3.40. The highest BCUT2D eigenvalue weighted by Crippen LogP contribution is 2.22. The Morgan fingerprint density at radius 3 is 2.00 bits per heavy atom. The zero-order chi connectivity index (χ0) is 11.1. The lowest BCUT2D eigenvalue weighted by Crippen LogP contribution is -2.44. The van der Waals surface area contributed by atoms with Crippen LogP contribution < -0.4 is 5.32 Å². The molecule has 0 aromatic heterocycles. The Morgan fingerprint density at radius 2 is 1.60 bits per heavy atom. The predicted molar refractivity (Wildman–Crippen MR) is 60.8 cm³/mol. The van der Waals surface area contributed by atoms with Gasteiger partial charge in [-0.25, -0.2) is 0 Å². The van der Waals surface area contributed by atoms with Gasteiger partial charge in [0, 0.05) is 25.2 Å². The number of rotatable bonds is 6. The summed E-state index contributed by atoms with van der Waals surface area (Å²) in [5.41, 5.74) is 0. The van der Waals surface area contributed by atoms with Crippen molar-refractivity contribution in [1.29, 1.82) is 0 Å². The van der Waals surface area contributed by atoms with Crippen molar-refractivity contribution in [2.24, 2.45) is 0 Å². The van der Waals surface area contributed by atoms with Crippen LogP contribution in [0.5, 0.6) is 0 Å². The first kappa shape index (κ1) is 12.9. The van der Waals surface area contributed by atoms with Gasteiger partial charge in [0.25, 0.3) is 0 Å². The van der Waals surface area contributed by atoms with Gasteiger partial charge in [-0.3, -0.25) is 4.90 Å². The summed E-state index contributed by atoms with van der Waals surface area (Å²) in [5, 5.41) is 21.2. The van der Waals surface area contributed by atoms with Crippen LogP contribution in [0.4, 0.5) is 0 Å². The van der Waals surface area contributed by atoms with Gasteiger partial charge in [-0.05, 0) is 32.7 Å². The van der Waals surface area contributed by atoms with Gasteiger partial charge in [-0.2, -0.15) is 0 Å². The van der Waals surface area contributed by atoms with Crippen molar-refractivity contribution in [2.45, 2.75) is 37.8 Å². The van der Waals surface area contributed by atoms with Crippen LogP contribution in [-0.4, -0.2) is 60.5 Å². The van der Waals surface area contributed by atoms with E-state index in [1.54, 1.807) is 0 Å². The molecule has 0 bridgehead atoms. The highest BCUT2D eigenvalue weighted by atomic mass is 16.3. The molecule has 0 atom stereocenters. The minimum atomic E-state index is 0.186. The lowest BCUT2D eigenvalue weighted by Gasteiger charge is -2.36.